The minimum Gasteiger partial charge on any atom is -0.340 e. The maximum Gasteiger partial charge on any atom is 0.142 e. The third kappa shape index (κ3) is 2.84. The number of fused-ring (bicyclic) bond motifs is 1. The molecule has 0 spiro atoms. The molecule has 0 aliphatic carbocycles. The zero-order valence-electron chi connectivity index (χ0n) is 12.5. The Morgan fingerprint density at radius 1 is 0.905 bits per heavy atom. The van der Waals surface area contributed by atoms with E-state index >= 15 is 0 Å². The second-order valence-corrected chi connectivity index (χ2v) is 6.02. The smallest absolute Gasteiger partial charge is 0.142 e. The van der Waals surface area contributed by atoms with E-state index in [4.69, 9.17) is 4.98 Å². The molecule has 0 amide bonds. The Labute approximate surface area is 124 Å². The summed E-state index contributed by atoms with van der Waals surface area (Å²) in [6, 6.07) is 11.9. The van der Waals surface area contributed by atoms with Gasteiger partial charge in [-0.3, -0.25) is 4.98 Å². The van der Waals surface area contributed by atoms with Gasteiger partial charge in [0.25, 0.3) is 0 Å². The molecule has 0 radical (unpaired) electrons. The molecule has 0 bridgehead atoms. The fraction of sp³-hybridized carbons (Fsp3) is 0.235. The Morgan fingerprint density at radius 2 is 1.62 bits per heavy atom. The summed E-state index contributed by atoms with van der Waals surface area (Å²) in [6.07, 6.45) is 3.52. The van der Waals surface area contributed by atoms with Crippen LogP contribution in [0.5, 0.6) is 0 Å². The van der Waals surface area contributed by atoms with Gasteiger partial charge in [0.05, 0.1) is 5.52 Å². The van der Waals surface area contributed by atoms with Crippen molar-refractivity contribution < 1.29 is 0 Å². The highest BCUT2D eigenvalue weighted by Gasteiger charge is 2.19. The molecule has 4 nitrogen and oxygen atoms in total. The quantitative estimate of drug-likeness (QED) is 0.767. The van der Waals surface area contributed by atoms with Crippen LogP contribution in [0.4, 0.5) is 11.5 Å². The van der Waals surface area contributed by atoms with Gasteiger partial charge in [-0.05, 0) is 24.3 Å². The van der Waals surface area contributed by atoms with Crippen molar-refractivity contribution in [2.24, 2.45) is 0 Å². The van der Waals surface area contributed by atoms with Crippen molar-refractivity contribution in [3.05, 3.63) is 54.6 Å². The molecule has 0 aliphatic rings. The molecular formula is C17H18N4. The summed E-state index contributed by atoms with van der Waals surface area (Å²) in [5.74, 6) is 1.66. The van der Waals surface area contributed by atoms with Gasteiger partial charge in [0, 0.05) is 28.9 Å². The van der Waals surface area contributed by atoms with Gasteiger partial charge in [-0.1, -0.05) is 32.9 Å². The summed E-state index contributed by atoms with van der Waals surface area (Å²) >= 11 is 0. The monoisotopic (exact) mass is 278 g/mol. The molecule has 1 aromatic carbocycles. The molecule has 21 heavy (non-hydrogen) atoms. The minimum atomic E-state index is -0.0985. The number of anilines is 2. The third-order valence-corrected chi connectivity index (χ3v) is 3.22. The van der Waals surface area contributed by atoms with E-state index in [9.17, 15) is 0 Å². The van der Waals surface area contributed by atoms with Gasteiger partial charge in [0.2, 0.25) is 0 Å². The first kappa shape index (κ1) is 13.5. The highest BCUT2D eigenvalue weighted by atomic mass is 15.0. The highest BCUT2D eigenvalue weighted by Crippen LogP contribution is 2.27. The molecule has 106 valence electrons. The van der Waals surface area contributed by atoms with Gasteiger partial charge in [-0.25, -0.2) is 9.97 Å². The van der Waals surface area contributed by atoms with E-state index in [2.05, 4.69) is 36.1 Å². The Hall–Kier alpha value is -2.49. The Balaban J connectivity index is 2.15. The topological polar surface area (TPSA) is 50.7 Å². The van der Waals surface area contributed by atoms with E-state index in [0.29, 0.717) is 0 Å². The Morgan fingerprint density at radius 3 is 2.33 bits per heavy atom. The maximum atomic E-state index is 4.72. The van der Waals surface area contributed by atoms with Crippen LogP contribution in [0.15, 0.2) is 48.8 Å². The Kier molecular flexibility index (Phi) is 3.29. The van der Waals surface area contributed by atoms with Crippen molar-refractivity contribution in [2.45, 2.75) is 26.2 Å². The van der Waals surface area contributed by atoms with Crippen LogP contribution < -0.4 is 5.32 Å². The van der Waals surface area contributed by atoms with E-state index in [1.165, 1.54) is 0 Å². The van der Waals surface area contributed by atoms with E-state index in [-0.39, 0.29) is 5.41 Å². The van der Waals surface area contributed by atoms with Crippen molar-refractivity contribution in [2.75, 3.05) is 5.32 Å². The lowest BCUT2D eigenvalue weighted by atomic mass is 9.95. The number of nitrogens with one attached hydrogen (secondary N) is 1. The molecule has 1 N–H and O–H groups in total. The molecule has 2 aromatic heterocycles. The lowest BCUT2D eigenvalue weighted by Gasteiger charge is -2.19. The van der Waals surface area contributed by atoms with Crippen molar-refractivity contribution in [3.63, 3.8) is 0 Å². The largest absolute Gasteiger partial charge is 0.340 e. The van der Waals surface area contributed by atoms with E-state index < -0.39 is 0 Å². The number of rotatable bonds is 2. The molecule has 0 unspecified atom stereocenters. The molecule has 4 heteroatoms. The van der Waals surface area contributed by atoms with Gasteiger partial charge in [-0.15, -0.1) is 0 Å². The maximum absolute atomic E-state index is 4.72. The summed E-state index contributed by atoms with van der Waals surface area (Å²) in [6.45, 7) is 6.36. The average molecular weight is 278 g/mol. The number of pyridine rings is 1. The van der Waals surface area contributed by atoms with Gasteiger partial charge < -0.3 is 5.32 Å². The molecule has 0 atom stereocenters. The second kappa shape index (κ2) is 5.13. The minimum absolute atomic E-state index is 0.0985. The van der Waals surface area contributed by atoms with Crippen LogP contribution >= 0.6 is 0 Å². The number of hydrogen-bond donors (Lipinski definition) is 1. The molecule has 0 saturated heterocycles. The molecule has 0 saturated carbocycles. The van der Waals surface area contributed by atoms with Gasteiger partial charge in [0.1, 0.15) is 11.6 Å². The number of nitrogens with zero attached hydrogens (tertiary/aromatic N) is 3. The van der Waals surface area contributed by atoms with Gasteiger partial charge in [0.15, 0.2) is 0 Å². The van der Waals surface area contributed by atoms with Crippen molar-refractivity contribution in [3.8, 4) is 0 Å². The molecule has 3 aromatic rings. The van der Waals surface area contributed by atoms with Crippen LogP contribution in [-0.4, -0.2) is 15.0 Å². The van der Waals surface area contributed by atoms with E-state index in [1.54, 1.807) is 12.4 Å². The number of para-hydroxylation sites is 1. The third-order valence-electron chi connectivity index (χ3n) is 3.22. The summed E-state index contributed by atoms with van der Waals surface area (Å²) < 4.78 is 0. The van der Waals surface area contributed by atoms with Crippen LogP contribution in [0.3, 0.4) is 0 Å². The molecule has 3 rings (SSSR count). The zero-order valence-corrected chi connectivity index (χ0v) is 12.5. The number of hydrogen-bond acceptors (Lipinski definition) is 4. The van der Waals surface area contributed by atoms with Crippen molar-refractivity contribution in [1.82, 2.24) is 15.0 Å². The summed E-state index contributed by atoms with van der Waals surface area (Å²) in [5.41, 5.74) is 1.82. The van der Waals surface area contributed by atoms with Gasteiger partial charge >= 0.3 is 0 Å². The summed E-state index contributed by atoms with van der Waals surface area (Å²) in [5, 5.41) is 4.38. The SMILES string of the molecule is CC(C)(C)c1nc(Nc2ccncc2)c2ccccc2n1. The molecular weight excluding hydrogens is 260 g/mol. The van der Waals surface area contributed by atoms with Crippen LogP contribution in [0.25, 0.3) is 10.9 Å². The number of benzene rings is 1. The average Bonchev–Trinajstić information content (AvgIpc) is 2.47. The standard InChI is InChI=1S/C17H18N4/c1-17(2,3)16-20-14-7-5-4-6-13(14)15(21-16)19-12-8-10-18-11-9-12/h4-11H,1-3H3,(H,18,19,20,21). The molecule has 0 fully saturated rings. The lowest BCUT2D eigenvalue weighted by Crippen LogP contribution is -2.17. The number of aromatic nitrogens is 3. The fourth-order valence-corrected chi connectivity index (χ4v) is 2.08. The zero-order chi connectivity index (χ0) is 14.9. The van der Waals surface area contributed by atoms with Crippen LogP contribution in [0.2, 0.25) is 0 Å². The van der Waals surface area contributed by atoms with Crippen LogP contribution in [0, 0.1) is 0 Å². The first-order valence-corrected chi connectivity index (χ1v) is 6.98. The normalized spacial score (nSPS) is 11.6. The van der Waals surface area contributed by atoms with Gasteiger partial charge in [-0.2, -0.15) is 0 Å². The second-order valence-electron chi connectivity index (χ2n) is 6.02. The van der Waals surface area contributed by atoms with E-state index in [1.807, 2.05) is 36.4 Å². The van der Waals surface area contributed by atoms with E-state index in [0.717, 1.165) is 28.2 Å². The predicted octanol–water partition coefficient (Wildman–Crippen LogP) is 4.07. The highest BCUT2D eigenvalue weighted by molar-refractivity contribution is 5.90. The molecule has 2 heterocycles. The fourth-order valence-electron chi connectivity index (χ4n) is 2.08. The first-order valence-electron chi connectivity index (χ1n) is 6.98. The van der Waals surface area contributed by atoms with Crippen molar-refractivity contribution >= 4 is 22.4 Å². The van der Waals surface area contributed by atoms with Crippen LogP contribution in [0.1, 0.15) is 26.6 Å². The summed E-state index contributed by atoms with van der Waals surface area (Å²) in [4.78, 5) is 13.4. The van der Waals surface area contributed by atoms with Crippen LogP contribution in [-0.2, 0) is 5.41 Å². The summed E-state index contributed by atoms with van der Waals surface area (Å²) in [7, 11) is 0. The van der Waals surface area contributed by atoms with Crippen molar-refractivity contribution in [1.29, 1.82) is 0 Å². The lowest BCUT2D eigenvalue weighted by molar-refractivity contribution is 0.549. The first-order chi connectivity index (χ1) is 10.0. The Bertz CT molecular complexity index is 761. The predicted molar refractivity (Wildman–Crippen MR) is 85.8 cm³/mol. The molecule has 0 aliphatic heterocycles.